The van der Waals surface area contributed by atoms with Crippen LogP contribution in [-0.2, 0) is 9.59 Å². The van der Waals surface area contributed by atoms with Crippen LogP contribution in [0.2, 0.25) is 10.0 Å². The molecule has 2 fully saturated rings. The third-order valence-corrected chi connectivity index (χ3v) is 7.57. The molecule has 2 amide bonds. The first-order chi connectivity index (χ1) is 16.9. The van der Waals surface area contributed by atoms with Gasteiger partial charge in [0.05, 0.1) is 28.6 Å². The number of para-hydroxylation sites is 1. The summed E-state index contributed by atoms with van der Waals surface area (Å²) in [5.41, 5.74) is 1.82. The SMILES string of the molecule is O=C(c1ccc(Cl)cc1Cl)[C@@H]1[C@@H]2C(=O)N(c3ccccc3F)C(=O)[C@@H]2[C@@H]2c3ccccc3C=CN12. The number of carbonyl (C=O) groups excluding carboxylic acids is 3. The molecule has 35 heavy (non-hydrogen) atoms. The molecular weight excluding hydrogens is 490 g/mol. The molecule has 3 aromatic rings. The second-order valence-corrected chi connectivity index (χ2v) is 9.63. The molecule has 3 aliphatic heterocycles. The minimum atomic E-state index is -1.01. The molecule has 0 N–H and O–H groups in total. The molecular formula is C27H17Cl2FN2O3. The summed E-state index contributed by atoms with van der Waals surface area (Å²) in [5.74, 6) is -4.09. The van der Waals surface area contributed by atoms with Crippen molar-refractivity contribution in [3.8, 4) is 0 Å². The van der Waals surface area contributed by atoms with E-state index in [0.29, 0.717) is 5.02 Å². The number of amides is 2. The van der Waals surface area contributed by atoms with Crippen LogP contribution in [0.1, 0.15) is 27.5 Å². The van der Waals surface area contributed by atoms with Crippen LogP contribution in [0, 0.1) is 17.7 Å². The van der Waals surface area contributed by atoms with Crippen LogP contribution in [0.15, 0.2) is 72.9 Å². The molecule has 0 radical (unpaired) electrons. The van der Waals surface area contributed by atoms with E-state index in [0.717, 1.165) is 16.0 Å². The lowest BCUT2D eigenvalue weighted by Crippen LogP contribution is -2.44. The maximum Gasteiger partial charge on any atom is 0.240 e. The van der Waals surface area contributed by atoms with Gasteiger partial charge in [0.2, 0.25) is 11.8 Å². The zero-order valence-electron chi connectivity index (χ0n) is 18.1. The first-order valence-corrected chi connectivity index (χ1v) is 11.8. The first-order valence-electron chi connectivity index (χ1n) is 11.0. The Morgan fingerprint density at radius 1 is 0.886 bits per heavy atom. The number of rotatable bonds is 3. The Morgan fingerprint density at radius 2 is 1.60 bits per heavy atom. The lowest BCUT2D eigenvalue weighted by atomic mass is 9.83. The Morgan fingerprint density at radius 3 is 2.37 bits per heavy atom. The topological polar surface area (TPSA) is 57.7 Å². The number of imide groups is 1. The van der Waals surface area contributed by atoms with Crippen LogP contribution in [0.5, 0.6) is 0 Å². The second kappa shape index (κ2) is 8.04. The van der Waals surface area contributed by atoms with Crippen molar-refractivity contribution in [2.45, 2.75) is 12.1 Å². The lowest BCUT2D eigenvalue weighted by molar-refractivity contribution is -0.123. The highest BCUT2D eigenvalue weighted by molar-refractivity contribution is 6.37. The molecule has 6 rings (SSSR count). The van der Waals surface area contributed by atoms with Crippen LogP contribution in [0.25, 0.3) is 6.08 Å². The number of anilines is 1. The second-order valence-electron chi connectivity index (χ2n) is 8.78. The third kappa shape index (κ3) is 3.17. The van der Waals surface area contributed by atoms with Gasteiger partial charge >= 0.3 is 0 Å². The summed E-state index contributed by atoms with van der Waals surface area (Å²) >= 11 is 12.4. The first kappa shape index (κ1) is 22.0. The smallest absolute Gasteiger partial charge is 0.240 e. The van der Waals surface area contributed by atoms with Gasteiger partial charge in [-0.15, -0.1) is 0 Å². The van der Waals surface area contributed by atoms with E-state index in [2.05, 4.69) is 0 Å². The van der Waals surface area contributed by atoms with Gasteiger partial charge in [0.25, 0.3) is 0 Å². The monoisotopic (exact) mass is 506 g/mol. The zero-order chi connectivity index (χ0) is 24.4. The van der Waals surface area contributed by atoms with Crippen molar-refractivity contribution in [3.05, 3.63) is 105 Å². The maximum absolute atomic E-state index is 14.7. The summed E-state index contributed by atoms with van der Waals surface area (Å²) in [5, 5.41) is 0.532. The summed E-state index contributed by atoms with van der Waals surface area (Å²) < 4.78 is 14.7. The standard InChI is InChI=1S/C27H17Cl2FN2O3/c28-15-9-10-17(18(29)13-15)25(33)24-22-21(23-16-6-2-1-5-14(16)11-12-31(23)24)26(34)32(27(22)35)20-8-4-3-7-19(20)30/h1-13,21-24H/t21-,22+,23-,24-/m0/s1. The molecule has 8 heteroatoms. The number of ketones is 1. The number of fused-ring (bicyclic) bond motifs is 5. The van der Waals surface area contributed by atoms with E-state index in [1.807, 2.05) is 30.3 Å². The lowest BCUT2D eigenvalue weighted by Gasteiger charge is -2.35. The molecule has 0 aliphatic carbocycles. The largest absolute Gasteiger partial charge is 0.358 e. The van der Waals surface area contributed by atoms with Gasteiger partial charge in [-0.25, -0.2) is 9.29 Å². The molecule has 4 atom stereocenters. The number of hydrogen-bond donors (Lipinski definition) is 0. The number of Topliss-reactive ketones (excluding diaryl/α,β-unsaturated/α-hetero) is 1. The fourth-order valence-corrected chi connectivity index (χ4v) is 6.08. The Kier molecular flexibility index (Phi) is 5.06. The van der Waals surface area contributed by atoms with Gasteiger partial charge in [-0.3, -0.25) is 14.4 Å². The molecule has 3 aliphatic rings. The highest BCUT2D eigenvalue weighted by Gasteiger charge is 2.64. The highest BCUT2D eigenvalue weighted by atomic mass is 35.5. The Balaban J connectivity index is 1.52. The van der Waals surface area contributed by atoms with Crippen molar-refractivity contribution < 1.29 is 18.8 Å². The van der Waals surface area contributed by atoms with Gasteiger partial charge in [-0.1, -0.05) is 59.6 Å². The van der Waals surface area contributed by atoms with Crippen LogP contribution in [0.4, 0.5) is 10.1 Å². The van der Waals surface area contributed by atoms with Crippen LogP contribution in [0.3, 0.4) is 0 Å². The quantitative estimate of drug-likeness (QED) is 0.346. The van der Waals surface area contributed by atoms with E-state index < -0.39 is 47.3 Å². The van der Waals surface area contributed by atoms with E-state index in [1.165, 1.54) is 30.3 Å². The van der Waals surface area contributed by atoms with Gasteiger partial charge in [-0.05, 0) is 47.5 Å². The summed E-state index contributed by atoms with van der Waals surface area (Å²) in [6.45, 7) is 0. The molecule has 0 spiro atoms. The van der Waals surface area contributed by atoms with Crippen molar-refractivity contribution in [1.82, 2.24) is 4.90 Å². The predicted molar refractivity (Wildman–Crippen MR) is 131 cm³/mol. The molecule has 2 saturated heterocycles. The average molecular weight is 507 g/mol. The van der Waals surface area contributed by atoms with Crippen molar-refractivity contribution >= 4 is 52.6 Å². The minimum Gasteiger partial charge on any atom is -0.358 e. The summed E-state index contributed by atoms with van der Waals surface area (Å²) in [7, 11) is 0. The van der Waals surface area contributed by atoms with Gasteiger partial charge in [0.1, 0.15) is 11.9 Å². The number of carbonyl (C=O) groups is 3. The fourth-order valence-electron chi connectivity index (χ4n) is 5.58. The minimum absolute atomic E-state index is 0.112. The van der Waals surface area contributed by atoms with Gasteiger partial charge in [0.15, 0.2) is 5.78 Å². The van der Waals surface area contributed by atoms with Crippen LogP contribution < -0.4 is 4.90 Å². The Hall–Kier alpha value is -3.48. The normalized spacial score (nSPS) is 24.4. The predicted octanol–water partition coefficient (Wildman–Crippen LogP) is 5.53. The molecule has 174 valence electrons. The molecule has 0 unspecified atom stereocenters. The fraction of sp³-hybridized carbons (Fsp3) is 0.148. The molecule has 3 heterocycles. The summed E-state index contributed by atoms with van der Waals surface area (Å²) in [6, 6.07) is 16.2. The number of hydrogen-bond acceptors (Lipinski definition) is 4. The number of nitrogens with zero attached hydrogens (tertiary/aromatic N) is 2. The van der Waals surface area contributed by atoms with E-state index >= 15 is 0 Å². The van der Waals surface area contributed by atoms with Crippen molar-refractivity contribution in [2.24, 2.45) is 11.8 Å². The van der Waals surface area contributed by atoms with E-state index in [-0.39, 0.29) is 16.3 Å². The van der Waals surface area contributed by atoms with Gasteiger partial charge in [0, 0.05) is 16.8 Å². The molecule has 0 bridgehead atoms. The number of halogens is 3. The van der Waals surface area contributed by atoms with Gasteiger partial charge in [-0.2, -0.15) is 0 Å². The Labute approximate surface area is 210 Å². The van der Waals surface area contributed by atoms with Crippen molar-refractivity contribution in [1.29, 1.82) is 0 Å². The Bertz CT molecular complexity index is 1460. The molecule has 0 saturated carbocycles. The van der Waals surface area contributed by atoms with Crippen LogP contribution >= 0.6 is 23.2 Å². The van der Waals surface area contributed by atoms with Crippen LogP contribution in [-0.4, -0.2) is 28.5 Å². The summed E-state index contributed by atoms with van der Waals surface area (Å²) in [4.78, 5) is 44.1. The maximum atomic E-state index is 14.7. The van der Waals surface area contributed by atoms with Crippen molar-refractivity contribution in [2.75, 3.05) is 4.90 Å². The molecule has 0 aromatic heterocycles. The highest BCUT2D eigenvalue weighted by Crippen LogP contribution is 2.54. The van der Waals surface area contributed by atoms with E-state index in [4.69, 9.17) is 23.2 Å². The van der Waals surface area contributed by atoms with Crippen molar-refractivity contribution in [3.63, 3.8) is 0 Å². The summed E-state index contributed by atoms with van der Waals surface area (Å²) in [6.07, 6.45) is 3.62. The molecule has 3 aromatic carbocycles. The average Bonchev–Trinajstić information content (AvgIpc) is 3.32. The third-order valence-electron chi connectivity index (χ3n) is 7.02. The zero-order valence-corrected chi connectivity index (χ0v) is 19.6. The molecule has 5 nitrogen and oxygen atoms in total. The van der Waals surface area contributed by atoms with E-state index in [1.54, 1.807) is 23.2 Å². The van der Waals surface area contributed by atoms with Gasteiger partial charge < -0.3 is 4.90 Å². The number of benzene rings is 3. The van der Waals surface area contributed by atoms with E-state index in [9.17, 15) is 18.8 Å².